The van der Waals surface area contributed by atoms with Crippen molar-refractivity contribution in [2.45, 2.75) is 13.0 Å². The molecule has 3 rings (SSSR count). The second kappa shape index (κ2) is 8.96. The second-order valence-electron chi connectivity index (χ2n) is 7.11. The van der Waals surface area contributed by atoms with Gasteiger partial charge in [0.2, 0.25) is 5.91 Å². The molecule has 2 aromatic carbocycles. The lowest BCUT2D eigenvalue weighted by atomic mass is 10.0. The van der Waals surface area contributed by atoms with Crippen LogP contribution >= 0.6 is 0 Å². The van der Waals surface area contributed by atoms with Crippen molar-refractivity contribution in [1.29, 1.82) is 0 Å². The molecule has 1 atom stereocenters. The van der Waals surface area contributed by atoms with Crippen molar-refractivity contribution in [3.8, 4) is 11.5 Å². The molecular formula is C22H27N3O4. The molecule has 7 heteroatoms. The van der Waals surface area contributed by atoms with Gasteiger partial charge in [0.15, 0.2) is 0 Å². The highest BCUT2D eigenvalue weighted by Gasteiger charge is 2.28. The molecule has 0 saturated carbocycles. The van der Waals surface area contributed by atoms with Gasteiger partial charge >= 0.3 is 0 Å². The fourth-order valence-corrected chi connectivity index (χ4v) is 3.36. The van der Waals surface area contributed by atoms with Gasteiger partial charge in [-0.05, 0) is 24.6 Å². The molecule has 0 bridgehead atoms. The fourth-order valence-electron chi connectivity index (χ4n) is 3.36. The normalized spacial score (nSPS) is 15.0. The SMILES string of the molecule is COc1cc(OC)cc(C(=O)N2CCN(C(=O)C(N)c3ccc(C)cc3)CC2)c1. The monoisotopic (exact) mass is 397 g/mol. The molecule has 2 amide bonds. The van der Waals surface area contributed by atoms with Gasteiger partial charge in [-0.2, -0.15) is 0 Å². The van der Waals surface area contributed by atoms with Crippen LogP contribution in [0.15, 0.2) is 42.5 Å². The van der Waals surface area contributed by atoms with E-state index in [0.29, 0.717) is 43.2 Å². The maximum Gasteiger partial charge on any atom is 0.254 e. The van der Waals surface area contributed by atoms with Crippen LogP contribution < -0.4 is 15.2 Å². The number of piperazine rings is 1. The molecule has 0 aromatic heterocycles. The van der Waals surface area contributed by atoms with Gasteiger partial charge in [0.25, 0.3) is 5.91 Å². The summed E-state index contributed by atoms with van der Waals surface area (Å²) in [4.78, 5) is 29.1. The molecule has 29 heavy (non-hydrogen) atoms. The largest absolute Gasteiger partial charge is 0.497 e. The van der Waals surface area contributed by atoms with E-state index in [1.54, 1.807) is 42.2 Å². The smallest absolute Gasteiger partial charge is 0.254 e. The summed E-state index contributed by atoms with van der Waals surface area (Å²) in [5.41, 5.74) is 8.58. The lowest BCUT2D eigenvalue weighted by molar-refractivity contribution is -0.134. The van der Waals surface area contributed by atoms with E-state index in [2.05, 4.69) is 0 Å². The number of carbonyl (C=O) groups excluding carboxylic acids is 2. The molecule has 0 spiro atoms. The van der Waals surface area contributed by atoms with Crippen molar-refractivity contribution in [1.82, 2.24) is 9.80 Å². The summed E-state index contributed by atoms with van der Waals surface area (Å²) in [5.74, 6) is 0.886. The average Bonchev–Trinajstić information content (AvgIpc) is 2.77. The number of carbonyl (C=O) groups is 2. The summed E-state index contributed by atoms with van der Waals surface area (Å²) in [5, 5.41) is 0. The number of ether oxygens (including phenoxy) is 2. The van der Waals surface area contributed by atoms with Crippen molar-refractivity contribution in [2.24, 2.45) is 5.73 Å². The van der Waals surface area contributed by atoms with Crippen molar-refractivity contribution in [3.63, 3.8) is 0 Å². The Morgan fingerprint density at radius 3 is 1.93 bits per heavy atom. The molecule has 1 fully saturated rings. The minimum Gasteiger partial charge on any atom is -0.497 e. The fraction of sp³-hybridized carbons (Fsp3) is 0.364. The predicted molar refractivity (Wildman–Crippen MR) is 110 cm³/mol. The average molecular weight is 397 g/mol. The third-order valence-electron chi connectivity index (χ3n) is 5.18. The summed E-state index contributed by atoms with van der Waals surface area (Å²) in [6.07, 6.45) is 0. The van der Waals surface area contributed by atoms with Crippen LogP contribution in [0.3, 0.4) is 0 Å². The first-order valence-corrected chi connectivity index (χ1v) is 9.56. The van der Waals surface area contributed by atoms with Crippen LogP contribution in [0.1, 0.15) is 27.5 Å². The van der Waals surface area contributed by atoms with Crippen LogP contribution in [0.25, 0.3) is 0 Å². The number of rotatable bonds is 5. The molecule has 2 aromatic rings. The molecule has 1 unspecified atom stereocenters. The maximum atomic E-state index is 12.9. The second-order valence-corrected chi connectivity index (χ2v) is 7.11. The van der Waals surface area contributed by atoms with Crippen molar-refractivity contribution >= 4 is 11.8 Å². The van der Waals surface area contributed by atoms with E-state index >= 15 is 0 Å². The first-order chi connectivity index (χ1) is 13.9. The van der Waals surface area contributed by atoms with Gasteiger partial charge in [-0.3, -0.25) is 9.59 Å². The van der Waals surface area contributed by atoms with E-state index in [-0.39, 0.29) is 11.8 Å². The molecule has 7 nitrogen and oxygen atoms in total. The van der Waals surface area contributed by atoms with Gasteiger partial charge < -0.3 is 25.0 Å². The Balaban J connectivity index is 1.63. The Kier molecular flexibility index (Phi) is 6.39. The minimum absolute atomic E-state index is 0.114. The number of aryl methyl sites for hydroxylation is 1. The van der Waals surface area contributed by atoms with Crippen molar-refractivity contribution in [3.05, 3.63) is 59.2 Å². The summed E-state index contributed by atoms with van der Waals surface area (Å²) in [6, 6.07) is 12.1. The highest BCUT2D eigenvalue weighted by Crippen LogP contribution is 2.24. The van der Waals surface area contributed by atoms with E-state index in [1.165, 1.54) is 0 Å². The number of nitrogens with two attached hydrogens (primary N) is 1. The zero-order valence-electron chi connectivity index (χ0n) is 17.1. The Morgan fingerprint density at radius 2 is 1.41 bits per heavy atom. The molecule has 2 N–H and O–H groups in total. The first kappa shape index (κ1) is 20.7. The van der Waals surface area contributed by atoms with Crippen LogP contribution in [0, 0.1) is 6.92 Å². The number of hydrogen-bond donors (Lipinski definition) is 1. The van der Waals surface area contributed by atoms with E-state index in [9.17, 15) is 9.59 Å². The highest BCUT2D eigenvalue weighted by molar-refractivity contribution is 5.95. The van der Waals surface area contributed by atoms with Crippen LogP contribution in [0.5, 0.6) is 11.5 Å². The van der Waals surface area contributed by atoms with Crippen molar-refractivity contribution in [2.75, 3.05) is 40.4 Å². The van der Waals surface area contributed by atoms with E-state index in [1.807, 2.05) is 31.2 Å². The van der Waals surface area contributed by atoms with E-state index in [0.717, 1.165) is 11.1 Å². The molecule has 1 aliphatic rings. The lowest BCUT2D eigenvalue weighted by Gasteiger charge is -2.36. The summed E-state index contributed by atoms with van der Waals surface area (Å²) in [7, 11) is 3.09. The summed E-state index contributed by atoms with van der Waals surface area (Å²) in [6.45, 7) is 3.79. The van der Waals surface area contributed by atoms with E-state index < -0.39 is 6.04 Å². The zero-order chi connectivity index (χ0) is 21.0. The number of amides is 2. The number of nitrogens with zero attached hydrogens (tertiary/aromatic N) is 2. The van der Waals surface area contributed by atoms with Crippen LogP contribution in [-0.4, -0.2) is 62.0 Å². The summed E-state index contributed by atoms with van der Waals surface area (Å²) < 4.78 is 10.5. The Bertz CT molecular complexity index is 852. The van der Waals surface area contributed by atoms with Gasteiger partial charge in [-0.1, -0.05) is 29.8 Å². The molecule has 1 saturated heterocycles. The molecule has 0 radical (unpaired) electrons. The standard InChI is InChI=1S/C22H27N3O4/c1-15-4-6-16(7-5-15)20(23)22(27)25-10-8-24(9-11-25)21(26)17-12-18(28-2)14-19(13-17)29-3/h4-7,12-14,20H,8-11,23H2,1-3H3. The Labute approximate surface area is 171 Å². The lowest BCUT2D eigenvalue weighted by Crippen LogP contribution is -2.52. The predicted octanol–water partition coefficient (Wildman–Crippen LogP) is 2.00. The van der Waals surface area contributed by atoms with Crippen LogP contribution in [0.2, 0.25) is 0 Å². The van der Waals surface area contributed by atoms with Crippen molar-refractivity contribution < 1.29 is 19.1 Å². The molecule has 154 valence electrons. The molecule has 1 aliphatic heterocycles. The Hall–Kier alpha value is -3.06. The minimum atomic E-state index is -0.694. The Morgan fingerprint density at radius 1 is 0.897 bits per heavy atom. The van der Waals surface area contributed by atoms with Crippen LogP contribution in [-0.2, 0) is 4.79 Å². The van der Waals surface area contributed by atoms with Gasteiger partial charge in [0.1, 0.15) is 17.5 Å². The summed E-state index contributed by atoms with van der Waals surface area (Å²) >= 11 is 0. The van der Waals surface area contributed by atoms with Gasteiger partial charge in [0, 0.05) is 37.8 Å². The number of benzene rings is 2. The quantitative estimate of drug-likeness (QED) is 0.834. The van der Waals surface area contributed by atoms with Gasteiger partial charge in [-0.15, -0.1) is 0 Å². The maximum absolute atomic E-state index is 12.9. The highest BCUT2D eigenvalue weighted by atomic mass is 16.5. The van der Waals surface area contributed by atoms with Gasteiger partial charge in [-0.25, -0.2) is 0 Å². The molecule has 0 aliphatic carbocycles. The molecule has 1 heterocycles. The first-order valence-electron chi connectivity index (χ1n) is 9.56. The number of hydrogen-bond acceptors (Lipinski definition) is 5. The molecular weight excluding hydrogens is 370 g/mol. The van der Waals surface area contributed by atoms with Crippen LogP contribution in [0.4, 0.5) is 0 Å². The third kappa shape index (κ3) is 4.68. The van der Waals surface area contributed by atoms with E-state index in [4.69, 9.17) is 15.2 Å². The topological polar surface area (TPSA) is 85.1 Å². The number of methoxy groups -OCH3 is 2. The zero-order valence-corrected chi connectivity index (χ0v) is 17.1. The van der Waals surface area contributed by atoms with Gasteiger partial charge in [0.05, 0.1) is 14.2 Å². The third-order valence-corrected chi connectivity index (χ3v) is 5.18.